The number of benzene rings is 2. The largest absolute Gasteiger partial charge is 0.497 e. The molecular weight excluding hydrogens is 422 g/mol. The standard InChI is InChI=1S/C24H23N5O2S/c1-31-21-11-9-20(10-12-21)29-23(19-8-5-14-25-16-19)27-28-24(29)32-17-22(30)26-15-13-18-6-3-2-4-7-18/h2-12,14,16H,13,15,17H2,1H3,(H,26,30). The Labute approximate surface area is 190 Å². The second kappa shape index (κ2) is 10.6. The molecule has 7 nitrogen and oxygen atoms in total. The highest BCUT2D eigenvalue weighted by Gasteiger charge is 2.17. The number of thioether (sulfide) groups is 1. The van der Waals surface area contributed by atoms with E-state index < -0.39 is 0 Å². The van der Waals surface area contributed by atoms with E-state index in [0.29, 0.717) is 17.5 Å². The number of carbonyl (C=O) groups is 1. The summed E-state index contributed by atoms with van der Waals surface area (Å²) >= 11 is 1.35. The fraction of sp³-hybridized carbons (Fsp3) is 0.167. The minimum atomic E-state index is -0.0434. The van der Waals surface area contributed by atoms with Gasteiger partial charge in [-0.15, -0.1) is 10.2 Å². The van der Waals surface area contributed by atoms with Crippen molar-refractivity contribution in [2.75, 3.05) is 19.4 Å². The molecular formula is C24H23N5O2S. The number of methoxy groups -OCH3 is 1. The molecule has 2 aromatic heterocycles. The first-order valence-corrected chi connectivity index (χ1v) is 11.2. The van der Waals surface area contributed by atoms with Gasteiger partial charge in [0.15, 0.2) is 11.0 Å². The van der Waals surface area contributed by atoms with Gasteiger partial charge in [-0.05, 0) is 48.4 Å². The molecule has 0 unspecified atom stereocenters. The summed E-state index contributed by atoms with van der Waals surface area (Å²) in [5, 5.41) is 12.3. The molecule has 162 valence electrons. The topological polar surface area (TPSA) is 81.9 Å². The van der Waals surface area contributed by atoms with Crippen molar-refractivity contribution in [1.82, 2.24) is 25.1 Å². The van der Waals surface area contributed by atoms with Gasteiger partial charge in [0, 0.05) is 30.2 Å². The molecule has 1 N–H and O–H groups in total. The first-order chi connectivity index (χ1) is 15.7. The molecule has 0 fully saturated rings. The van der Waals surface area contributed by atoms with Gasteiger partial charge in [0.2, 0.25) is 5.91 Å². The lowest BCUT2D eigenvalue weighted by molar-refractivity contribution is -0.118. The van der Waals surface area contributed by atoms with Gasteiger partial charge < -0.3 is 10.1 Å². The molecule has 4 rings (SSSR count). The molecule has 0 aliphatic carbocycles. The van der Waals surface area contributed by atoms with Crippen LogP contribution in [0, 0.1) is 0 Å². The maximum Gasteiger partial charge on any atom is 0.230 e. The van der Waals surface area contributed by atoms with Gasteiger partial charge in [0.1, 0.15) is 5.75 Å². The molecule has 2 heterocycles. The molecule has 0 saturated heterocycles. The predicted molar refractivity (Wildman–Crippen MR) is 125 cm³/mol. The number of ether oxygens (including phenoxy) is 1. The average molecular weight is 446 g/mol. The van der Waals surface area contributed by atoms with Crippen molar-refractivity contribution in [3.63, 3.8) is 0 Å². The number of carbonyl (C=O) groups excluding carboxylic acids is 1. The third kappa shape index (κ3) is 5.33. The van der Waals surface area contributed by atoms with Crippen LogP contribution in [0.5, 0.6) is 5.75 Å². The second-order valence-corrected chi connectivity index (χ2v) is 7.90. The fourth-order valence-corrected chi connectivity index (χ4v) is 3.96. The van der Waals surface area contributed by atoms with Gasteiger partial charge in [-0.2, -0.15) is 0 Å². The van der Waals surface area contributed by atoms with E-state index in [4.69, 9.17) is 4.74 Å². The van der Waals surface area contributed by atoms with Gasteiger partial charge in [0.05, 0.1) is 12.9 Å². The van der Waals surface area contributed by atoms with Crippen molar-refractivity contribution in [2.45, 2.75) is 11.6 Å². The Morgan fingerprint density at radius 3 is 2.56 bits per heavy atom. The highest BCUT2D eigenvalue weighted by molar-refractivity contribution is 7.99. The summed E-state index contributed by atoms with van der Waals surface area (Å²) in [6, 6.07) is 21.5. The average Bonchev–Trinajstić information content (AvgIpc) is 3.28. The molecule has 0 radical (unpaired) electrons. The van der Waals surface area contributed by atoms with Gasteiger partial charge in [0.25, 0.3) is 0 Å². The van der Waals surface area contributed by atoms with Crippen LogP contribution in [0.4, 0.5) is 0 Å². The van der Waals surface area contributed by atoms with Crippen molar-refractivity contribution in [2.24, 2.45) is 0 Å². The van der Waals surface area contributed by atoms with Crippen LogP contribution in [0.15, 0.2) is 84.3 Å². The number of aromatic nitrogens is 4. The lowest BCUT2D eigenvalue weighted by atomic mass is 10.1. The van der Waals surface area contributed by atoms with Gasteiger partial charge >= 0.3 is 0 Å². The highest BCUT2D eigenvalue weighted by atomic mass is 32.2. The van der Waals surface area contributed by atoms with E-state index in [1.165, 1.54) is 17.3 Å². The zero-order chi connectivity index (χ0) is 22.2. The Morgan fingerprint density at radius 1 is 1.03 bits per heavy atom. The molecule has 2 aromatic carbocycles. The lowest BCUT2D eigenvalue weighted by Crippen LogP contribution is -2.27. The molecule has 0 saturated carbocycles. The second-order valence-electron chi connectivity index (χ2n) is 6.96. The number of amides is 1. The fourth-order valence-electron chi connectivity index (χ4n) is 3.18. The minimum absolute atomic E-state index is 0.0434. The number of hydrogen-bond acceptors (Lipinski definition) is 6. The first kappa shape index (κ1) is 21.6. The van der Waals surface area contributed by atoms with Crippen molar-refractivity contribution in [3.05, 3.63) is 84.7 Å². The van der Waals surface area contributed by atoms with Crippen molar-refractivity contribution < 1.29 is 9.53 Å². The highest BCUT2D eigenvalue weighted by Crippen LogP contribution is 2.28. The molecule has 4 aromatic rings. The smallest absolute Gasteiger partial charge is 0.230 e. The van der Waals surface area contributed by atoms with Crippen molar-refractivity contribution in [3.8, 4) is 22.8 Å². The van der Waals surface area contributed by atoms with E-state index in [0.717, 1.165) is 23.4 Å². The Bertz CT molecular complexity index is 1150. The summed E-state index contributed by atoms with van der Waals surface area (Å²) < 4.78 is 7.20. The van der Waals surface area contributed by atoms with Crippen molar-refractivity contribution >= 4 is 17.7 Å². The molecule has 1 amide bonds. The maximum atomic E-state index is 12.4. The molecule has 0 bridgehead atoms. The molecule has 0 aliphatic heterocycles. The zero-order valence-corrected chi connectivity index (χ0v) is 18.5. The number of hydrogen-bond donors (Lipinski definition) is 1. The van der Waals surface area contributed by atoms with E-state index in [1.807, 2.05) is 59.2 Å². The quantitative estimate of drug-likeness (QED) is 0.395. The third-order valence-electron chi connectivity index (χ3n) is 4.79. The Morgan fingerprint density at radius 2 is 1.84 bits per heavy atom. The number of nitrogens with zero attached hydrogens (tertiary/aromatic N) is 4. The third-order valence-corrected chi connectivity index (χ3v) is 5.72. The van der Waals surface area contributed by atoms with Gasteiger partial charge in [-0.25, -0.2) is 0 Å². The zero-order valence-electron chi connectivity index (χ0n) is 17.6. The summed E-state index contributed by atoms with van der Waals surface area (Å²) in [6.07, 6.45) is 4.26. The number of nitrogens with one attached hydrogen (secondary N) is 1. The van der Waals surface area contributed by atoms with E-state index >= 15 is 0 Å². The molecule has 32 heavy (non-hydrogen) atoms. The van der Waals surface area contributed by atoms with Crippen LogP contribution in [0.25, 0.3) is 17.1 Å². The van der Waals surface area contributed by atoms with Crippen molar-refractivity contribution in [1.29, 1.82) is 0 Å². The van der Waals surface area contributed by atoms with Crippen LogP contribution in [-0.4, -0.2) is 45.1 Å². The van der Waals surface area contributed by atoms with Crippen LogP contribution in [-0.2, 0) is 11.2 Å². The van der Waals surface area contributed by atoms with Gasteiger partial charge in [-0.3, -0.25) is 14.3 Å². The monoisotopic (exact) mass is 445 g/mol. The molecule has 8 heteroatoms. The van der Waals surface area contributed by atoms with Crippen LogP contribution in [0.2, 0.25) is 0 Å². The summed E-state index contributed by atoms with van der Waals surface area (Å²) in [4.78, 5) is 16.6. The minimum Gasteiger partial charge on any atom is -0.497 e. The number of rotatable bonds is 9. The Balaban J connectivity index is 1.48. The van der Waals surface area contributed by atoms with Crippen LogP contribution in [0.3, 0.4) is 0 Å². The predicted octanol–water partition coefficient (Wildman–Crippen LogP) is 3.79. The normalized spacial score (nSPS) is 10.7. The molecule has 0 atom stereocenters. The van der Waals surface area contributed by atoms with Crippen LogP contribution in [0.1, 0.15) is 5.56 Å². The SMILES string of the molecule is COc1ccc(-n2c(SCC(=O)NCCc3ccccc3)nnc2-c2cccnc2)cc1. The Hall–Kier alpha value is -3.65. The van der Waals surface area contributed by atoms with E-state index in [1.54, 1.807) is 19.5 Å². The summed E-state index contributed by atoms with van der Waals surface area (Å²) in [7, 11) is 1.63. The Kier molecular flexibility index (Phi) is 7.14. The number of pyridine rings is 1. The van der Waals surface area contributed by atoms with Gasteiger partial charge in [-0.1, -0.05) is 42.1 Å². The van der Waals surface area contributed by atoms with E-state index in [-0.39, 0.29) is 11.7 Å². The van der Waals surface area contributed by atoms with E-state index in [9.17, 15) is 4.79 Å². The van der Waals surface area contributed by atoms with E-state index in [2.05, 4.69) is 32.6 Å². The summed E-state index contributed by atoms with van der Waals surface area (Å²) in [6.45, 7) is 0.593. The summed E-state index contributed by atoms with van der Waals surface area (Å²) in [5.74, 6) is 1.63. The molecule has 0 aliphatic rings. The lowest BCUT2D eigenvalue weighted by Gasteiger charge is -2.11. The molecule has 0 spiro atoms. The summed E-state index contributed by atoms with van der Waals surface area (Å²) in [5.41, 5.74) is 2.91. The first-order valence-electron chi connectivity index (χ1n) is 10.2. The maximum absolute atomic E-state index is 12.4. The van der Waals surface area contributed by atoms with Crippen LogP contribution < -0.4 is 10.1 Å². The van der Waals surface area contributed by atoms with Crippen LogP contribution >= 0.6 is 11.8 Å².